The largest absolute Gasteiger partial charge is 0.493 e. The van der Waals surface area contributed by atoms with Crippen molar-refractivity contribution in [2.24, 2.45) is 5.73 Å². The summed E-state index contributed by atoms with van der Waals surface area (Å²) in [4.78, 5) is 0. The van der Waals surface area contributed by atoms with E-state index in [2.05, 4.69) is 6.07 Å². The predicted octanol–water partition coefficient (Wildman–Crippen LogP) is 2.86. The smallest absolute Gasteiger partial charge is 0.161 e. The fourth-order valence-corrected chi connectivity index (χ4v) is 3.32. The molecule has 0 bridgehead atoms. The molecule has 1 aliphatic rings. The maximum absolute atomic E-state index is 6.05. The number of hydrogen-bond donors (Lipinski definition) is 1. The summed E-state index contributed by atoms with van der Waals surface area (Å²) in [6, 6.07) is 6.11. The highest BCUT2D eigenvalue weighted by Gasteiger charge is 2.19. The van der Waals surface area contributed by atoms with Crippen LogP contribution in [0.2, 0.25) is 0 Å². The summed E-state index contributed by atoms with van der Waals surface area (Å²) >= 11 is 1.94. The molecule has 1 atom stereocenters. The second-order valence-electron chi connectivity index (χ2n) is 5.75. The zero-order valence-electron chi connectivity index (χ0n) is 11.9. The Morgan fingerprint density at radius 2 is 2.16 bits per heavy atom. The average molecular weight is 281 g/mol. The van der Waals surface area contributed by atoms with Crippen LogP contribution >= 0.6 is 11.8 Å². The molecule has 0 aliphatic carbocycles. The van der Waals surface area contributed by atoms with E-state index in [0.717, 1.165) is 30.1 Å². The first-order valence-electron chi connectivity index (χ1n) is 6.68. The van der Waals surface area contributed by atoms with Gasteiger partial charge in [0.15, 0.2) is 11.5 Å². The third-order valence-corrected chi connectivity index (χ3v) is 4.20. The normalized spacial score (nSPS) is 19.5. The Morgan fingerprint density at radius 3 is 2.74 bits per heavy atom. The summed E-state index contributed by atoms with van der Waals surface area (Å²) in [5, 5.41) is 0. The molecule has 4 heteroatoms. The van der Waals surface area contributed by atoms with E-state index >= 15 is 0 Å². The van der Waals surface area contributed by atoms with Crippen molar-refractivity contribution in [3.63, 3.8) is 0 Å². The van der Waals surface area contributed by atoms with Crippen LogP contribution in [0.1, 0.15) is 25.8 Å². The Hall–Kier alpha value is -0.870. The molecule has 1 aromatic carbocycles. The highest BCUT2D eigenvalue weighted by atomic mass is 32.2. The molecule has 0 radical (unpaired) electrons. The minimum atomic E-state index is -0.213. The van der Waals surface area contributed by atoms with E-state index in [1.54, 1.807) is 7.11 Å². The van der Waals surface area contributed by atoms with Crippen LogP contribution in [-0.4, -0.2) is 30.3 Å². The summed E-state index contributed by atoms with van der Waals surface area (Å²) in [5.74, 6) is 3.90. The molecule has 0 aromatic heterocycles. The number of nitrogens with two attached hydrogens (primary N) is 1. The van der Waals surface area contributed by atoms with Gasteiger partial charge in [-0.05, 0) is 50.1 Å². The first-order chi connectivity index (χ1) is 8.98. The van der Waals surface area contributed by atoms with E-state index in [9.17, 15) is 0 Å². The first kappa shape index (κ1) is 14.5. The van der Waals surface area contributed by atoms with Gasteiger partial charge < -0.3 is 15.2 Å². The Bertz CT molecular complexity index is 423. The molecule has 1 fully saturated rings. The maximum atomic E-state index is 6.05. The maximum Gasteiger partial charge on any atom is 0.161 e. The van der Waals surface area contributed by atoms with Crippen LogP contribution in [0.25, 0.3) is 0 Å². The third kappa shape index (κ3) is 4.32. The number of hydrogen-bond acceptors (Lipinski definition) is 4. The van der Waals surface area contributed by atoms with E-state index in [1.165, 1.54) is 11.3 Å². The van der Waals surface area contributed by atoms with Crippen LogP contribution < -0.4 is 15.2 Å². The lowest BCUT2D eigenvalue weighted by Gasteiger charge is -2.20. The monoisotopic (exact) mass is 281 g/mol. The second kappa shape index (κ2) is 6.06. The molecule has 2 rings (SSSR count). The third-order valence-electron chi connectivity index (χ3n) is 3.07. The lowest BCUT2D eigenvalue weighted by molar-refractivity contribution is 0.218. The number of ether oxygens (including phenoxy) is 2. The summed E-state index contributed by atoms with van der Waals surface area (Å²) in [7, 11) is 1.68. The molecule has 0 saturated carbocycles. The van der Waals surface area contributed by atoms with Gasteiger partial charge in [0.2, 0.25) is 0 Å². The van der Waals surface area contributed by atoms with Crippen molar-refractivity contribution >= 4 is 11.8 Å². The minimum Gasteiger partial charge on any atom is -0.493 e. The van der Waals surface area contributed by atoms with Crippen molar-refractivity contribution in [1.29, 1.82) is 0 Å². The van der Waals surface area contributed by atoms with Crippen LogP contribution in [0.5, 0.6) is 11.5 Å². The standard InChI is InChI=1S/C15H23NO2S/c1-15(2,16)9-11-4-5-13(14(8-11)17-3)18-12-6-7-19-10-12/h4-5,8,12H,6-7,9-10,16H2,1-3H3. The SMILES string of the molecule is COc1cc(CC(C)(C)N)ccc1OC1CCSC1. The zero-order chi connectivity index (χ0) is 13.9. The molecular weight excluding hydrogens is 258 g/mol. The summed E-state index contributed by atoms with van der Waals surface area (Å²) in [6.07, 6.45) is 2.25. The van der Waals surface area contributed by atoms with Gasteiger partial charge >= 0.3 is 0 Å². The van der Waals surface area contributed by atoms with Crippen LogP contribution in [0.4, 0.5) is 0 Å². The number of benzene rings is 1. The Kier molecular flexibility index (Phi) is 4.63. The number of thioether (sulfide) groups is 1. The van der Waals surface area contributed by atoms with Crippen molar-refractivity contribution in [2.45, 2.75) is 38.3 Å². The van der Waals surface area contributed by atoms with Crippen molar-refractivity contribution in [2.75, 3.05) is 18.6 Å². The molecule has 1 saturated heterocycles. The van der Waals surface area contributed by atoms with Crippen LogP contribution in [0.3, 0.4) is 0 Å². The topological polar surface area (TPSA) is 44.5 Å². The average Bonchev–Trinajstić information content (AvgIpc) is 2.82. The molecule has 106 valence electrons. The molecule has 19 heavy (non-hydrogen) atoms. The summed E-state index contributed by atoms with van der Waals surface area (Å²) in [6.45, 7) is 4.05. The number of rotatable bonds is 5. The van der Waals surface area contributed by atoms with Crippen molar-refractivity contribution in [1.82, 2.24) is 0 Å². The van der Waals surface area contributed by atoms with E-state index < -0.39 is 0 Å². The zero-order valence-corrected chi connectivity index (χ0v) is 12.8. The first-order valence-corrected chi connectivity index (χ1v) is 7.83. The number of methoxy groups -OCH3 is 1. The molecule has 0 spiro atoms. The van der Waals surface area contributed by atoms with Gasteiger partial charge in [-0.3, -0.25) is 0 Å². The summed E-state index contributed by atoms with van der Waals surface area (Å²) in [5.41, 5.74) is 7.02. The second-order valence-corrected chi connectivity index (χ2v) is 6.90. The van der Waals surface area contributed by atoms with Gasteiger partial charge in [-0.2, -0.15) is 11.8 Å². The molecule has 2 N–H and O–H groups in total. The van der Waals surface area contributed by atoms with E-state index in [-0.39, 0.29) is 5.54 Å². The van der Waals surface area contributed by atoms with Gasteiger partial charge in [0.1, 0.15) is 6.10 Å². The quantitative estimate of drug-likeness (QED) is 0.901. The Balaban J connectivity index is 2.11. The van der Waals surface area contributed by atoms with Gasteiger partial charge in [0, 0.05) is 11.3 Å². The fourth-order valence-electron chi connectivity index (χ4n) is 2.23. The lowest BCUT2D eigenvalue weighted by Crippen LogP contribution is -2.34. The van der Waals surface area contributed by atoms with Crippen LogP contribution in [0.15, 0.2) is 18.2 Å². The van der Waals surface area contributed by atoms with E-state index in [0.29, 0.717) is 6.10 Å². The molecule has 1 heterocycles. The van der Waals surface area contributed by atoms with Crippen molar-refractivity contribution in [3.8, 4) is 11.5 Å². The molecule has 3 nitrogen and oxygen atoms in total. The molecule has 0 amide bonds. The molecule has 1 aliphatic heterocycles. The predicted molar refractivity (Wildman–Crippen MR) is 81.3 cm³/mol. The van der Waals surface area contributed by atoms with Gasteiger partial charge in [0.05, 0.1) is 7.11 Å². The summed E-state index contributed by atoms with van der Waals surface area (Å²) < 4.78 is 11.4. The van der Waals surface area contributed by atoms with Crippen LogP contribution in [0, 0.1) is 0 Å². The molecule has 1 unspecified atom stereocenters. The van der Waals surface area contributed by atoms with Gasteiger partial charge in [0.25, 0.3) is 0 Å². The van der Waals surface area contributed by atoms with Crippen LogP contribution in [-0.2, 0) is 6.42 Å². The molecule has 1 aromatic rings. The van der Waals surface area contributed by atoms with Gasteiger partial charge in [-0.25, -0.2) is 0 Å². The Labute approximate surface area is 119 Å². The van der Waals surface area contributed by atoms with Gasteiger partial charge in [-0.15, -0.1) is 0 Å². The van der Waals surface area contributed by atoms with Gasteiger partial charge in [-0.1, -0.05) is 6.07 Å². The van der Waals surface area contributed by atoms with Crippen molar-refractivity contribution < 1.29 is 9.47 Å². The Morgan fingerprint density at radius 1 is 1.37 bits per heavy atom. The van der Waals surface area contributed by atoms with E-state index in [4.69, 9.17) is 15.2 Å². The minimum absolute atomic E-state index is 0.213. The lowest BCUT2D eigenvalue weighted by atomic mass is 9.96. The fraction of sp³-hybridized carbons (Fsp3) is 0.600. The highest BCUT2D eigenvalue weighted by molar-refractivity contribution is 7.99. The highest BCUT2D eigenvalue weighted by Crippen LogP contribution is 2.32. The van der Waals surface area contributed by atoms with E-state index in [1.807, 2.05) is 37.7 Å². The molecular formula is C15H23NO2S. The van der Waals surface area contributed by atoms with Crippen molar-refractivity contribution in [3.05, 3.63) is 23.8 Å².